The van der Waals surface area contributed by atoms with Crippen molar-refractivity contribution < 1.29 is 19.4 Å². The van der Waals surface area contributed by atoms with Crippen LogP contribution in [-0.4, -0.2) is 69.1 Å². The average molecular weight is 497 g/mol. The van der Waals surface area contributed by atoms with Crippen LogP contribution in [0.2, 0.25) is 5.02 Å². The number of methoxy groups -OCH3 is 1. The van der Waals surface area contributed by atoms with Gasteiger partial charge >= 0.3 is 0 Å². The lowest BCUT2D eigenvalue weighted by atomic mass is 10.00. The number of amides is 1. The molecule has 1 atom stereocenters. The van der Waals surface area contributed by atoms with Gasteiger partial charge in [0.05, 0.1) is 24.9 Å². The van der Waals surface area contributed by atoms with Gasteiger partial charge in [-0.25, -0.2) is 0 Å². The highest BCUT2D eigenvalue weighted by Crippen LogP contribution is 2.35. The molecule has 0 aliphatic carbocycles. The number of carbonyl (C=O) groups excluding carboxylic acids is 1. The summed E-state index contributed by atoms with van der Waals surface area (Å²) in [6.07, 6.45) is 0.188. The monoisotopic (exact) mass is 496 g/mol. The molecule has 1 saturated heterocycles. The third-order valence-corrected chi connectivity index (χ3v) is 6.13. The third-order valence-electron chi connectivity index (χ3n) is 5.88. The molecule has 0 unspecified atom stereocenters. The maximum atomic E-state index is 12.9. The van der Waals surface area contributed by atoms with Crippen LogP contribution in [0.4, 0.5) is 0 Å². The first-order chi connectivity index (χ1) is 16.9. The topological polar surface area (TPSA) is 136 Å². The normalized spacial score (nSPS) is 16.5. The summed E-state index contributed by atoms with van der Waals surface area (Å²) in [5.41, 5.74) is 9.27. The molecule has 182 valence electrons. The van der Waals surface area contributed by atoms with Gasteiger partial charge in [-0.15, -0.1) is 10.2 Å². The molecule has 5 rings (SSSR count). The molecule has 0 saturated carbocycles. The number of aromatic nitrogens is 3. The van der Waals surface area contributed by atoms with Crippen LogP contribution in [0.1, 0.15) is 35.2 Å². The summed E-state index contributed by atoms with van der Waals surface area (Å²) in [6.45, 7) is 2.79. The van der Waals surface area contributed by atoms with Gasteiger partial charge in [0.15, 0.2) is 5.82 Å². The first kappa shape index (κ1) is 24.4. The first-order valence-corrected chi connectivity index (χ1v) is 11.3. The number of carboxylic acid groups (broad SMARTS) is 1. The summed E-state index contributed by atoms with van der Waals surface area (Å²) in [5.74, 6) is 2.08. The molecule has 0 radical (unpaired) electrons. The smallest absolute Gasteiger partial charge is 0.290 e. The number of aliphatic imine (C=N–C) groups is 1. The Hall–Kier alpha value is -3.76. The fourth-order valence-corrected chi connectivity index (χ4v) is 4.31. The molecule has 1 amide bonds. The van der Waals surface area contributed by atoms with Crippen molar-refractivity contribution >= 4 is 29.7 Å². The van der Waals surface area contributed by atoms with Crippen LogP contribution in [0, 0.1) is 6.92 Å². The second-order valence-electron chi connectivity index (χ2n) is 8.19. The Morgan fingerprint density at radius 1 is 1.23 bits per heavy atom. The molecule has 2 aromatic carbocycles. The van der Waals surface area contributed by atoms with E-state index in [0.29, 0.717) is 29.7 Å². The lowest BCUT2D eigenvalue weighted by molar-refractivity contribution is -0.135. The van der Waals surface area contributed by atoms with E-state index in [1.165, 1.54) is 0 Å². The molecule has 1 aromatic heterocycles. The fourth-order valence-electron chi connectivity index (χ4n) is 4.19. The Labute approximate surface area is 207 Å². The van der Waals surface area contributed by atoms with E-state index < -0.39 is 6.04 Å². The number of halogens is 1. The third kappa shape index (κ3) is 4.89. The highest BCUT2D eigenvalue weighted by Gasteiger charge is 2.34. The van der Waals surface area contributed by atoms with E-state index in [-0.39, 0.29) is 24.8 Å². The van der Waals surface area contributed by atoms with Gasteiger partial charge in [0, 0.05) is 35.3 Å². The largest absolute Gasteiger partial charge is 0.497 e. The molecule has 3 N–H and O–H groups in total. The molecule has 3 heterocycles. The molecule has 11 heteroatoms. The minimum atomic E-state index is -0.496. The summed E-state index contributed by atoms with van der Waals surface area (Å²) in [6, 6.07) is 12.9. The van der Waals surface area contributed by atoms with Crippen molar-refractivity contribution in [2.75, 3.05) is 20.2 Å². The SMILES string of the molecule is COc1ccc2c(c1)C(c1ccc(Cl)cc1)=N[C@@H](CC(=O)N1CC(N)C1)c1nnc(C)n1-2.O=CO. The minimum absolute atomic E-state index is 0.00615. The van der Waals surface area contributed by atoms with Crippen LogP contribution in [0.5, 0.6) is 5.75 Å². The van der Waals surface area contributed by atoms with Gasteiger partial charge < -0.3 is 20.5 Å². The quantitative estimate of drug-likeness (QED) is 0.529. The molecule has 3 aromatic rings. The Balaban J connectivity index is 0.000000917. The van der Waals surface area contributed by atoms with E-state index in [1.807, 2.05) is 54.0 Å². The highest BCUT2D eigenvalue weighted by atomic mass is 35.5. The van der Waals surface area contributed by atoms with Crippen molar-refractivity contribution in [3.63, 3.8) is 0 Å². The summed E-state index contributed by atoms with van der Waals surface area (Å²) in [4.78, 5) is 28.1. The maximum absolute atomic E-state index is 12.9. The number of ether oxygens (including phenoxy) is 1. The Morgan fingerprint density at radius 3 is 2.54 bits per heavy atom. The minimum Gasteiger partial charge on any atom is -0.497 e. The summed E-state index contributed by atoms with van der Waals surface area (Å²) >= 11 is 6.13. The molecule has 0 spiro atoms. The lowest BCUT2D eigenvalue weighted by Crippen LogP contribution is -2.58. The molecule has 2 aliphatic heterocycles. The Bertz CT molecular complexity index is 1270. The fraction of sp³-hybridized carbons (Fsp3) is 0.292. The Kier molecular flexibility index (Phi) is 7.13. The van der Waals surface area contributed by atoms with Crippen molar-refractivity contribution in [3.05, 3.63) is 70.3 Å². The van der Waals surface area contributed by atoms with Crippen LogP contribution in [0.25, 0.3) is 5.69 Å². The van der Waals surface area contributed by atoms with E-state index in [0.717, 1.165) is 28.4 Å². The molecular formula is C24H25ClN6O4. The zero-order chi connectivity index (χ0) is 25.1. The zero-order valence-corrected chi connectivity index (χ0v) is 20.0. The van der Waals surface area contributed by atoms with Gasteiger partial charge in [0.2, 0.25) is 5.91 Å². The number of rotatable bonds is 4. The van der Waals surface area contributed by atoms with Crippen LogP contribution < -0.4 is 10.5 Å². The molecule has 0 bridgehead atoms. The Morgan fingerprint density at radius 2 is 1.91 bits per heavy atom. The molecule has 35 heavy (non-hydrogen) atoms. The summed E-state index contributed by atoms with van der Waals surface area (Å²) in [5, 5.41) is 16.2. The predicted octanol–water partition coefficient (Wildman–Crippen LogP) is 2.39. The number of nitrogens with zero attached hydrogens (tertiary/aromatic N) is 5. The van der Waals surface area contributed by atoms with Crippen LogP contribution in [0.15, 0.2) is 47.5 Å². The van der Waals surface area contributed by atoms with Crippen molar-refractivity contribution in [1.29, 1.82) is 0 Å². The van der Waals surface area contributed by atoms with E-state index in [9.17, 15) is 4.79 Å². The van der Waals surface area contributed by atoms with Crippen molar-refractivity contribution in [3.8, 4) is 11.4 Å². The number of nitrogens with two attached hydrogens (primary N) is 1. The van der Waals surface area contributed by atoms with Crippen molar-refractivity contribution in [2.45, 2.75) is 25.4 Å². The lowest BCUT2D eigenvalue weighted by Gasteiger charge is -2.37. The van der Waals surface area contributed by atoms with Crippen LogP contribution in [-0.2, 0) is 9.59 Å². The second-order valence-corrected chi connectivity index (χ2v) is 8.63. The van der Waals surface area contributed by atoms with Gasteiger partial charge in [-0.2, -0.15) is 0 Å². The molecule has 10 nitrogen and oxygen atoms in total. The van der Waals surface area contributed by atoms with Gasteiger partial charge in [0.1, 0.15) is 17.6 Å². The molecular weight excluding hydrogens is 472 g/mol. The van der Waals surface area contributed by atoms with Crippen molar-refractivity contribution in [2.24, 2.45) is 10.7 Å². The predicted molar refractivity (Wildman–Crippen MR) is 130 cm³/mol. The van der Waals surface area contributed by atoms with E-state index >= 15 is 0 Å². The summed E-state index contributed by atoms with van der Waals surface area (Å²) < 4.78 is 7.46. The van der Waals surface area contributed by atoms with Crippen molar-refractivity contribution in [1.82, 2.24) is 19.7 Å². The highest BCUT2D eigenvalue weighted by molar-refractivity contribution is 6.30. The van der Waals surface area contributed by atoms with Gasteiger partial charge in [-0.3, -0.25) is 19.1 Å². The van der Waals surface area contributed by atoms with Crippen LogP contribution in [0.3, 0.4) is 0 Å². The van der Waals surface area contributed by atoms with E-state index in [1.54, 1.807) is 12.0 Å². The number of hydrogen-bond donors (Lipinski definition) is 2. The number of fused-ring (bicyclic) bond motifs is 3. The summed E-state index contributed by atoms with van der Waals surface area (Å²) in [7, 11) is 1.63. The van der Waals surface area contributed by atoms with Gasteiger partial charge in [0.25, 0.3) is 6.47 Å². The average Bonchev–Trinajstić information content (AvgIpc) is 3.15. The second kappa shape index (κ2) is 10.2. The number of likely N-dealkylation sites (tertiary alicyclic amines) is 1. The molecule has 1 fully saturated rings. The first-order valence-electron chi connectivity index (χ1n) is 10.9. The number of benzene rings is 2. The van der Waals surface area contributed by atoms with Gasteiger partial charge in [-0.1, -0.05) is 23.7 Å². The van der Waals surface area contributed by atoms with E-state index in [2.05, 4.69) is 10.2 Å². The standard InChI is InChI=1S/C23H23ClN6O2.CH2O2/c1-13-27-28-23-19(10-21(31)29-11-16(25)12-29)26-22(14-3-5-15(24)6-4-14)18-9-17(32-2)7-8-20(18)30(13)23;2-1-3/h3-9,16,19H,10-12,25H2,1-2H3;1H,(H,2,3)/t19-;/m0./s1. The van der Waals surface area contributed by atoms with Crippen LogP contribution >= 0.6 is 11.6 Å². The van der Waals surface area contributed by atoms with Gasteiger partial charge in [-0.05, 0) is 37.3 Å². The zero-order valence-electron chi connectivity index (χ0n) is 19.3. The maximum Gasteiger partial charge on any atom is 0.290 e. The number of hydrogen-bond acceptors (Lipinski definition) is 7. The number of carbonyl (C=O) groups is 2. The number of aryl methyl sites for hydroxylation is 1. The van der Waals surface area contributed by atoms with E-state index in [4.69, 9.17) is 37.0 Å². The molecule has 2 aliphatic rings.